The third-order valence-electron chi connectivity index (χ3n) is 3.61. The highest BCUT2D eigenvalue weighted by Crippen LogP contribution is 2.08. The van der Waals surface area contributed by atoms with Crippen molar-refractivity contribution in [3.05, 3.63) is 29.6 Å². The van der Waals surface area contributed by atoms with E-state index in [1.54, 1.807) is 18.3 Å². The predicted molar refractivity (Wildman–Crippen MR) is 89.3 cm³/mol. The van der Waals surface area contributed by atoms with Crippen molar-refractivity contribution in [3.8, 4) is 0 Å². The quantitative estimate of drug-likeness (QED) is 0.647. The monoisotopic (exact) mass is 321 g/mol. The molecule has 0 unspecified atom stereocenters. The van der Waals surface area contributed by atoms with E-state index in [2.05, 4.69) is 9.88 Å². The zero-order chi connectivity index (χ0) is 17.2. The van der Waals surface area contributed by atoms with E-state index in [4.69, 9.17) is 4.74 Å². The van der Waals surface area contributed by atoms with Crippen LogP contribution in [0.4, 0.5) is 0 Å². The number of aromatic nitrogens is 1. The standard InChI is InChI=1S/C17H27N3O3/c1-5-20(12-11-19(2)3)16(21)8-6-7-15-13-14(9-10-18-15)17(22)23-4/h9-10,13H,5-8,11-12H2,1-4H3. The fourth-order valence-corrected chi connectivity index (χ4v) is 2.22. The van der Waals surface area contributed by atoms with Gasteiger partial charge in [-0.1, -0.05) is 0 Å². The van der Waals surface area contributed by atoms with Crippen molar-refractivity contribution in [1.82, 2.24) is 14.8 Å². The highest BCUT2D eigenvalue weighted by atomic mass is 16.5. The highest BCUT2D eigenvalue weighted by molar-refractivity contribution is 5.89. The maximum atomic E-state index is 12.2. The van der Waals surface area contributed by atoms with Crippen LogP contribution in [0.2, 0.25) is 0 Å². The first-order valence-electron chi connectivity index (χ1n) is 7.93. The van der Waals surface area contributed by atoms with E-state index in [9.17, 15) is 9.59 Å². The zero-order valence-electron chi connectivity index (χ0n) is 14.5. The minimum absolute atomic E-state index is 0.165. The minimum atomic E-state index is -0.370. The smallest absolute Gasteiger partial charge is 0.337 e. The summed E-state index contributed by atoms with van der Waals surface area (Å²) in [5.74, 6) is -0.205. The van der Waals surface area contributed by atoms with Crippen LogP contribution in [0.1, 0.15) is 35.8 Å². The lowest BCUT2D eigenvalue weighted by Gasteiger charge is -2.22. The second kappa shape index (κ2) is 9.94. The van der Waals surface area contributed by atoms with Crippen molar-refractivity contribution in [2.75, 3.05) is 40.8 Å². The van der Waals surface area contributed by atoms with Gasteiger partial charge in [0.05, 0.1) is 12.7 Å². The molecule has 0 aromatic carbocycles. The fourth-order valence-electron chi connectivity index (χ4n) is 2.22. The molecule has 1 rings (SSSR count). The summed E-state index contributed by atoms with van der Waals surface area (Å²) in [6, 6.07) is 3.35. The molecule has 6 nitrogen and oxygen atoms in total. The SMILES string of the molecule is CCN(CCN(C)C)C(=O)CCCc1cc(C(=O)OC)ccn1. The number of aryl methyl sites for hydroxylation is 1. The van der Waals surface area contributed by atoms with E-state index < -0.39 is 0 Å². The Morgan fingerprint density at radius 3 is 2.61 bits per heavy atom. The molecule has 1 amide bonds. The Balaban J connectivity index is 2.46. The lowest BCUT2D eigenvalue weighted by Crippen LogP contribution is -2.36. The third kappa shape index (κ3) is 6.78. The van der Waals surface area contributed by atoms with Gasteiger partial charge < -0.3 is 14.5 Å². The third-order valence-corrected chi connectivity index (χ3v) is 3.61. The zero-order valence-corrected chi connectivity index (χ0v) is 14.5. The molecule has 0 N–H and O–H groups in total. The summed E-state index contributed by atoms with van der Waals surface area (Å²) in [5.41, 5.74) is 1.29. The van der Waals surface area contributed by atoms with E-state index in [-0.39, 0.29) is 11.9 Å². The lowest BCUT2D eigenvalue weighted by molar-refractivity contribution is -0.131. The number of pyridine rings is 1. The topological polar surface area (TPSA) is 62.7 Å². The van der Waals surface area contributed by atoms with E-state index in [0.717, 1.165) is 31.7 Å². The van der Waals surface area contributed by atoms with E-state index in [1.165, 1.54) is 7.11 Å². The second-order valence-electron chi connectivity index (χ2n) is 5.66. The molecule has 0 atom stereocenters. The van der Waals surface area contributed by atoms with Crippen LogP contribution in [0, 0.1) is 0 Å². The van der Waals surface area contributed by atoms with Crippen molar-refractivity contribution in [3.63, 3.8) is 0 Å². The number of esters is 1. The normalized spacial score (nSPS) is 10.7. The first-order valence-corrected chi connectivity index (χ1v) is 7.93. The van der Waals surface area contributed by atoms with Crippen LogP contribution in [-0.2, 0) is 16.0 Å². The molecule has 0 radical (unpaired) electrons. The Morgan fingerprint density at radius 2 is 2.00 bits per heavy atom. The van der Waals surface area contributed by atoms with Gasteiger partial charge in [-0.05, 0) is 46.0 Å². The molecule has 0 fully saturated rings. The van der Waals surface area contributed by atoms with Crippen molar-refractivity contribution >= 4 is 11.9 Å². The van der Waals surface area contributed by atoms with Crippen LogP contribution in [0.5, 0.6) is 0 Å². The van der Waals surface area contributed by atoms with Crippen molar-refractivity contribution in [2.24, 2.45) is 0 Å². The maximum Gasteiger partial charge on any atom is 0.337 e. The molecular formula is C17H27N3O3. The lowest BCUT2D eigenvalue weighted by atomic mass is 10.1. The van der Waals surface area contributed by atoms with Gasteiger partial charge in [-0.3, -0.25) is 9.78 Å². The Labute approximate surface area is 138 Å². The van der Waals surface area contributed by atoms with Gasteiger partial charge >= 0.3 is 5.97 Å². The van der Waals surface area contributed by atoms with Crippen molar-refractivity contribution in [1.29, 1.82) is 0 Å². The second-order valence-corrected chi connectivity index (χ2v) is 5.66. The summed E-state index contributed by atoms with van der Waals surface area (Å²) in [6.07, 6.45) is 3.47. The number of methoxy groups -OCH3 is 1. The van der Waals surface area contributed by atoms with Gasteiger partial charge in [0, 0.05) is 37.9 Å². The maximum absolute atomic E-state index is 12.2. The molecule has 6 heteroatoms. The first kappa shape index (κ1) is 19.1. The molecule has 1 aromatic heterocycles. The van der Waals surface area contributed by atoms with Gasteiger partial charge in [-0.25, -0.2) is 4.79 Å². The van der Waals surface area contributed by atoms with Crippen molar-refractivity contribution in [2.45, 2.75) is 26.2 Å². The summed E-state index contributed by atoms with van der Waals surface area (Å²) in [6.45, 7) is 4.33. The van der Waals surface area contributed by atoms with Gasteiger partial charge in [0.2, 0.25) is 5.91 Å². The molecule has 1 aromatic rings. The molecule has 23 heavy (non-hydrogen) atoms. The highest BCUT2D eigenvalue weighted by Gasteiger charge is 2.12. The van der Waals surface area contributed by atoms with Gasteiger partial charge in [-0.15, -0.1) is 0 Å². The van der Waals surface area contributed by atoms with Crippen LogP contribution < -0.4 is 0 Å². The summed E-state index contributed by atoms with van der Waals surface area (Å²) >= 11 is 0. The molecule has 0 saturated carbocycles. The molecule has 0 saturated heterocycles. The number of carbonyl (C=O) groups excluding carboxylic acids is 2. The molecule has 0 aliphatic heterocycles. The largest absolute Gasteiger partial charge is 0.465 e. The average Bonchev–Trinajstić information content (AvgIpc) is 2.54. The summed E-state index contributed by atoms with van der Waals surface area (Å²) in [4.78, 5) is 31.9. The molecule has 0 spiro atoms. The molecular weight excluding hydrogens is 294 g/mol. The number of rotatable bonds is 9. The molecule has 0 bridgehead atoms. The summed E-state index contributed by atoms with van der Waals surface area (Å²) in [5, 5.41) is 0. The Bertz CT molecular complexity index is 518. The Hall–Kier alpha value is -1.95. The van der Waals surface area contributed by atoms with Gasteiger partial charge in [0.15, 0.2) is 0 Å². The van der Waals surface area contributed by atoms with Crippen LogP contribution >= 0.6 is 0 Å². The average molecular weight is 321 g/mol. The number of hydrogen-bond acceptors (Lipinski definition) is 5. The number of amides is 1. The predicted octanol–water partition coefficient (Wildman–Crippen LogP) is 1.60. The Kier molecular flexibility index (Phi) is 8.26. The summed E-state index contributed by atoms with van der Waals surface area (Å²) < 4.78 is 4.69. The number of ether oxygens (including phenoxy) is 1. The van der Waals surface area contributed by atoms with E-state index in [0.29, 0.717) is 18.4 Å². The van der Waals surface area contributed by atoms with Gasteiger partial charge in [0.25, 0.3) is 0 Å². The number of likely N-dealkylation sites (N-methyl/N-ethyl adjacent to an activating group) is 2. The molecule has 0 aliphatic carbocycles. The van der Waals surface area contributed by atoms with Gasteiger partial charge in [0.1, 0.15) is 0 Å². The molecule has 1 heterocycles. The summed E-state index contributed by atoms with van der Waals surface area (Å²) in [7, 11) is 5.35. The number of hydrogen-bond donors (Lipinski definition) is 0. The van der Waals surface area contributed by atoms with Crippen molar-refractivity contribution < 1.29 is 14.3 Å². The molecule has 128 valence electrons. The fraction of sp³-hybridized carbons (Fsp3) is 0.588. The van der Waals surface area contributed by atoms with Crippen LogP contribution in [0.3, 0.4) is 0 Å². The van der Waals surface area contributed by atoms with Crippen LogP contribution in [0.25, 0.3) is 0 Å². The van der Waals surface area contributed by atoms with Crippen LogP contribution in [-0.4, -0.2) is 67.5 Å². The minimum Gasteiger partial charge on any atom is -0.465 e. The van der Waals surface area contributed by atoms with E-state index in [1.807, 2.05) is 25.9 Å². The number of carbonyl (C=O) groups is 2. The Morgan fingerprint density at radius 1 is 1.26 bits per heavy atom. The van der Waals surface area contributed by atoms with Crippen LogP contribution in [0.15, 0.2) is 18.3 Å². The van der Waals surface area contributed by atoms with Gasteiger partial charge in [-0.2, -0.15) is 0 Å². The number of nitrogens with zero attached hydrogens (tertiary/aromatic N) is 3. The first-order chi connectivity index (χ1) is 11.0. The molecule has 0 aliphatic rings. The van der Waals surface area contributed by atoms with E-state index >= 15 is 0 Å².